The number of benzene rings is 1. The Bertz CT molecular complexity index is 659. The summed E-state index contributed by atoms with van der Waals surface area (Å²) in [5, 5.41) is 11.3. The van der Waals surface area contributed by atoms with Crippen molar-refractivity contribution in [1.82, 2.24) is 4.98 Å². The molecular formula is C15H20BNO3. The summed E-state index contributed by atoms with van der Waals surface area (Å²) in [6, 6.07) is 5.70. The fraction of sp³-hybridized carbons (Fsp3) is 0.467. The van der Waals surface area contributed by atoms with Crippen LogP contribution in [0.4, 0.5) is 0 Å². The maximum atomic E-state index is 10.2. The summed E-state index contributed by atoms with van der Waals surface area (Å²) in [7, 11) is -0.542. The van der Waals surface area contributed by atoms with E-state index in [1.54, 1.807) is 6.07 Å². The monoisotopic (exact) mass is 273 g/mol. The summed E-state index contributed by atoms with van der Waals surface area (Å²) in [5.74, 6) is 0.192. The third kappa shape index (κ3) is 1.93. The lowest BCUT2D eigenvalue weighted by Crippen LogP contribution is -2.41. The van der Waals surface area contributed by atoms with E-state index in [0.717, 1.165) is 16.6 Å². The number of hydrogen-bond acceptors (Lipinski definition) is 3. The van der Waals surface area contributed by atoms with Gasteiger partial charge in [-0.05, 0) is 52.1 Å². The van der Waals surface area contributed by atoms with Gasteiger partial charge in [0.2, 0.25) is 0 Å². The van der Waals surface area contributed by atoms with Crippen LogP contribution in [-0.2, 0) is 9.31 Å². The summed E-state index contributed by atoms with van der Waals surface area (Å²) in [6.07, 6.45) is 0. The Balaban J connectivity index is 2.05. The molecule has 0 spiro atoms. The van der Waals surface area contributed by atoms with Crippen LogP contribution in [0.5, 0.6) is 5.75 Å². The molecule has 0 radical (unpaired) electrons. The van der Waals surface area contributed by atoms with Crippen molar-refractivity contribution in [1.29, 1.82) is 0 Å². The SMILES string of the molecule is Cc1cc2cc(B3OC(C)(C)C(C)(C)O3)c(O)cc2[nH]1. The number of phenols is 1. The number of aryl methyl sites for hydroxylation is 1. The molecule has 3 rings (SSSR count). The Morgan fingerprint density at radius 2 is 1.65 bits per heavy atom. The number of hydrogen-bond donors (Lipinski definition) is 2. The number of aromatic hydroxyl groups is 1. The van der Waals surface area contributed by atoms with Gasteiger partial charge in [0.05, 0.1) is 11.2 Å². The first-order valence-corrected chi connectivity index (χ1v) is 6.87. The van der Waals surface area contributed by atoms with E-state index >= 15 is 0 Å². The molecule has 1 saturated heterocycles. The normalized spacial score (nSPS) is 20.8. The second-order valence-corrected chi connectivity index (χ2v) is 6.54. The standard InChI is InChI=1S/C15H20BNO3/c1-9-6-10-7-11(13(18)8-12(10)17-9)16-19-14(2,3)15(4,5)20-16/h6-8,17-18H,1-5H3. The number of aromatic nitrogens is 1. The summed E-state index contributed by atoms with van der Waals surface area (Å²) in [6.45, 7) is 10.0. The van der Waals surface area contributed by atoms with Crippen molar-refractivity contribution >= 4 is 23.5 Å². The highest BCUT2D eigenvalue weighted by Gasteiger charge is 2.52. The molecule has 1 aliphatic rings. The maximum Gasteiger partial charge on any atom is 0.498 e. The van der Waals surface area contributed by atoms with Crippen LogP contribution >= 0.6 is 0 Å². The molecule has 20 heavy (non-hydrogen) atoms. The Labute approximate surface area is 119 Å². The molecule has 1 aliphatic heterocycles. The van der Waals surface area contributed by atoms with Crippen molar-refractivity contribution in [2.75, 3.05) is 0 Å². The van der Waals surface area contributed by atoms with E-state index in [4.69, 9.17) is 9.31 Å². The molecule has 5 heteroatoms. The number of nitrogens with one attached hydrogen (secondary N) is 1. The fourth-order valence-electron chi connectivity index (χ4n) is 2.49. The highest BCUT2D eigenvalue weighted by molar-refractivity contribution is 6.63. The van der Waals surface area contributed by atoms with Gasteiger partial charge in [0.15, 0.2) is 0 Å². The van der Waals surface area contributed by atoms with E-state index in [-0.39, 0.29) is 5.75 Å². The average Bonchev–Trinajstić information content (AvgIpc) is 2.74. The van der Waals surface area contributed by atoms with Gasteiger partial charge in [0.25, 0.3) is 0 Å². The van der Waals surface area contributed by atoms with E-state index in [1.807, 2.05) is 46.8 Å². The minimum atomic E-state index is -0.542. The Morgan fingerprint density at radius 3 is 2.25 bits per heavy atom. The molecule has 2 heterocycles. The molecule has 2 aromatic rings. The molecule has 4 nitrogen and oxygen atoms in total. The highest BCUT2D eigenvalue weighted by atomic mass is 16.7. The van der Waals surface area contributed by atoms with Crippen molar-refractivity contribution in [3.63, 3.8) is 0 Å². The Hall–Kier alpha value is -1.46. The first-order valence-electron chi connectivity index (χ1n) is 6.87. The maximum absolute atomic E-state index is 10.2. The van der Waals surface area contributed by atoms with Gasteiger partial charge in [-0.2, -0.15) is 0 Å². The summed E-state index contributed by atoms with van der Waals surface area (Å²) in [4.78, 5) is 3.21. The molecule has 2 N–H and O–H groups in total. The van der Waals surface area contributed by atoms with Crippen molar-refractivity contribution in [3.8, 4) is 5.75 Å². The van der Waals surface area contributed by atoms with Crippen molar-refractivity contribution in [3.05, 3.63) is 23.9 Å². The first kappa shape index (κ1) is 13.5. The molecule has 0 bridgehead atoms. The van der Waals surface area contributed by atoms with Crippen LogP contribution in [0.3, 0.4) is 0 Å². The number of fused-ring (bicyclic) bond motifs is 1. The summed E-state index contributed by atoms with van der Waals surface area (Å²) >= 11 is 0. The van der Waals surface area contributed by atoms with Crippen LogP contribution in [0.15, 0.2) is 18.2 Å². The topological polar surface area (TPSA) is 54.5 Å². The predicted molar refractivity (Wildman–Crippen MR) is 80.4 cm³/mol. The van der Waals surface area contributed by atoms with Crippen molar-refractivity contribution < 1.29 is 14.4 Å². The molecule has 0 unspecified atom stereocenters. The number of aromatic amines is 1. The van der Waals surface area contributed by atoms with E-state index in [9.17, 15) is 5.11 Å². The molecule has 0 saturated carbocycles. The van der Waals surface area contributed by atoms with Gasteiger partial charge in [0, 0.05) is 22.7 Å². The third-order valence-electron chi connectivity index (χ3n) is 4.41. The smallest absolute Gasteiger partial charge is 0.498 e. The molecule has 0 atom stereocenters. The minimum Gasteiger partial charge on any atom is -0.508 e. The van der Waals surface area contributed by atoms with Crippen LogP contribution in [0.1, 0.15) is 33.4 Å². The average molecular weight is 273 g/mol. The number of H-pyrrole nitrogens is 1. The van der Waals surface area contributed by atoms with Crippen LogP contribution < -0.4 is 5.46 Å². The fourth-order valence-corrected chi connectivity index (χ4v) is 2.49. The lowest BCUT2D eigenvalue weighted by molar-refractivity contribution is 0.00578. The van der Waals surface area contributed by atoms with Gasteiger partial charge in [-0.15, -0.1) is 0 Å². The Morgan fingerprint density at radius 1 is 1.05 bits per heavy atom. The zero-order valence-electron chi connectivity index (χ0n) is 12.6. The van der Waals surface area contributed by atoms with Gasteiger partial charge < -0.3 is 19.4 Å². The number of phenolic OH excluding ortho intramolecular Hbond substituents is 1. The van der Waals surface area contributed by atoms with E-state index in [0.29, 0.717) is 5.46 Å². The molecule has 1 aromatic heterocycles. The third-order valence-corrected chi connectivity index (χ3v) is 4.41. The number of rotatable bonds is 1. The van der Waals surface area contributed by atoms with Gasteiger partial charge in [0.1, 0.15) is 5.75 Å². The zero-order chi connectivity index (χ0) is 14.7. The lowest BCUT2D eigenvalue weighted by atomic mass is 9.78. The summed E-state index contributed by atoms with van der Waals surface area (Å²) in [5.41, 5.74) is 1.83. The molecule has 106 valence electrons. The second kappa shape index (κ2) is 4.02. The van der Waals surface area contributed by atoms with E-state index < -0.39 is 18.3 Å². The van der Waals surface area contributed by atoms with Crippen molar-refractivity contribution in [2.45, 2.75) is 45.8 Å². The van der Waals surface area contributed by atoms with Gasteiger partial charge >= 0.3 is 7.12 Å². The van der Waals surface area contributed by atoms with Gasteiger partial charge in [-0.3, -0.25) is 0 Å². The lowest BCUT2D eigenvalue weighted by Gasteiger charge is -2.32. The van der Waals surface area contributed by atoms with Gasteiger partial charge in [-0.1, -0.05) is 0 Å². The van der Waals surface area contributed by atoms with E-state index in [2.05, 4.69) is 4.98 Å². The molecule has 0 amide bonds. The molecular weight excluding hydrogens is 253 g/mol. The van der Waals surface area contributed by atoms with Crippen LogP contribution in [0.25, 0.3) is 10.9 Å². The zero-order valence-corrected chi connectivity index (χ0v) is 12.6. The van der Waals surface area contributed by atoms with Crippen molar-refractivity contribution in [2.24, 2.45) is 0 Å². The van der Waals surface area contributed by atoms with Crippen LogP contribution in [0.2, 0.25) is 0 Å². The Kier molecular flexibility index (Phi) is 2.72. The predicted octanol–water partition coefficient (Wildman–Crippen LogP) is 2.48. The first-order chi connectivity index (χ1) is 9.19. The summed E-state index contributed by atoms with van der Waals surface area (Å²) < 4.78 is 12.0. The molecule has 0 aliphatic carbocycles. The second-order valence-electron chi connectivity index (χ2n) is 6.54. The van der Waals surface area contributed by atoms with E-state index in [1.165, 1.54) is 0 Å². The molecule has 1 aromatic carbocycles. The van der Waals surface area contributed by atoms with Crippen LogP contribution in [0, 0.1) is 6.92 Å². The highest BCUT2D eigenvalue weighted by Crippen LogP contribution is 2.37. The minimum absolute atomic E-state index is 0.192. The quantitative estimate of drug-likeness (QED) is 0.785. The van der Waals surface area contributed by atoms with Gasteiger partial charge in [-0.25, -0.2) is 0 Å². The largest absolute Gasteiger partial charge is 0.508 e. The molecule has 1 fully saturated rings. The van der Waals surface area contributed by atoms with Crippen LogP contribution in [-0.4, -0.2) is 28.4 Å².